The Kier molecular flexibility index (Phi) is 6.04. The van der Waals surface area contributed by atoms with Crippen molar-refractivity contribution < 1.29 is 9.50 Å². The largest absolute Gasteiger partial charge is 0.378 e. The number of nitrogens with one attached hydrogen (secondary N) is 2. The molecule has 0 amide bonds. The molecular weight excluding hydrogens is 393 g/mol. The first-order valence-electron chi connectivity index (χ1n) is 10.1. The Hall–Kier alpha value is -2.15. The number of imidazole rings is 1. The van der Waals surface area contributed by atoms with Crippen LogP contribution < -0.4 is 5.69 Å². The molecule has 154 valence electrons. The third-order valence-corrected chi connectivity index (χ3v) is 6.10. The van der Waals surface area contributed by atoms with Crippen LogP contribution in [0.5, 0.6) is 0 Å². The summed E-state index contributed by atoms with van der Waals surface area (Å²) in [6.45, 7) is 1.78. The predicted octanol–water partition coefficient (Wildman–Crippen LogP) is 4.17. The summed E-state index contributed by atoms with van der Waals surface area (Å²) in [4.78, 5) is 19.3. The third-order valence-electron chi connectivity index (χ3n) is 5.78. The number of aliphatic hydroxyl groups is 1. The number of hydrogen-bond acceptors (Lipinski definition) is 3. The number of aromatic nitrogens is 2. The van der Waals surface area contributed by atoms with Crippen LogP contribution in [-0.2, 0) is 6.42 Å². The van der Waals surface area contributed by atoms with Crippen LogP contribution in [0, 0.1) is 5.82 Å². The number of aromatic amines is 2. The molecule has 7 heteroatoms. The minimum absolute atomic E-state index is 0.0762. The SMILES string of the molecule is O=c1[nH]c2cc(Cl)c(C(Cc3ccc(F)cc3)CC(O)N3CCCCC3)cc2[nH]1. The zero-order valence-electron chi connectivity index (χ0n) is 16.1. The third kappa shape index (κ3) is 4.71. The Labute approximate surface area is 173 Å². The maximum atomic E-state index is 13.3. The van der Waals surface area contributed by atoms with E-state index in [1.54, 1.807) is 18.2 Å². The van der Waals surface area contributed by atoms with E-state index in [-0.39, 0.29) is 17.4 Å². The summed E-state index contributed by atoms with van der Waals surface area (Å²) in [5, 5.41) is 11.4. The second kappa shape index (κ2) is 8.69. The van der Waals surface area contributed by atoms with Crippen molar-refractivity contribution in [2.75, 3.05) is 13.1 Å². The average molecular weight is 418 g/mol. The molecule has 4 rings (SSSR count). The van der Waals surface area contributed by atoms with Crippen molar-refractivity contribution in [2.24, 2.45) is 0 Å². The van der Waals surface area contributed by atoms with Crippen molar-refractivity contribution in [3.8, 4) is 0 Å². The monoisotopic (exact) mass is 417 g/mol. The molecular formula is C22H25ClFN3O2. The van der Waals surface area contributed by atoms with E-state index in [1.807, 2.05) is 6.07 Å². The van der Waals surface area contributed by atoms with Crippen LogP contribution >= 0.6 is 11.6 Å². The highest BCUT2D eigenvalue weighted by atomic mass is 35.5. The highest BCUT2D eigenvalue weighted by Gasteiger charge is 2.25. The van der Waals surface area contributed by atoms with Crippen molar-refractivity contribution in [3.05, 3.63) is 68.8 Å². The van der Waals surface area contributed by atoms with Gasteiger partial charge >= 0.3 is 5.69 Å². The minimum Gasteiger partial charge on any atom is -0.378 e. The fourth-order valence-electron chi connectivity index (χ4n) is 4.23. The van der Waals surface area contributed by atoms with Gasteiger partial charge in [0.25, 0.3) is 0 Å². The molecule has 0 bridgehead atoms. The van der Waals surface area contributed by atoms with Crippen molar-refractivity contribution in [3.63, 3.8) is 0 Å². The zero-order valence-corrected chi connectivity index (χ0v) is 16.9. The quantitative estimate of drug-likeness (QED) is 0.563. The Balaban J connectivity index is 1.65. The van der Waals surface area contributed by atoms with Gasteiger partial charge in [-0.15, -0.1) is 0 Å². The van der Waals surface area contributed by atoms with E-state index in [0.29, 0.717) is 28.9 Å². The fourth-order valence-corrected chi connectivity index (χ4v) is 4.55. The number of benzene rings is 2. The van der Waals surface area contributed by atoms with Crippen LogP contribution in [0.1, 0.15) is 42.7 Å². The molecule has 0 saturated carbocycles. The number of piperidine rings is 1. The normalized spacial score (nSPS) is 17.5. The van der Waals surface area contributed by atoms with Gasteiger partial charge in [0.15, 0.2) is 0 Å². The number of H-pyrrole nitrogens is 2. The lowest BCUT2D eigenvalue weighted by Gasteiger charge is -2.33. The van der Waals surface area contributed by atoms with Crippen LogP contribution in [0.15, 0.2) is 41.2 Å². The predicted molar refractivity (Wildman–Crippen MR) is 113 cm³/mol. The maximum absolute atomic E-state index is 13.3. The first-order valence-corrected chi connectivity index (χ1v) is 10.5. The van der Waals surface area contributed by atoms with E-state index >= 15 is 0 Å². The lowest BCUT2D eigenvalue weighted by Crippen LogP contribution is -2.40. The molecule has 1 aliphatic heterocycles. The molecule has 29 heavy (non-hydrogen) atoms. The second-order valence-electron chi connectivity index (χ2n) is 7.84. The molecule has 3 N–H and O–H groups in total. The molecule has 2 aromatic carbocycles. The van der Waals surface area contributed by atoms with Gasteiger partial charge in [-0.3, -0.25) is 4.90 Å². The first-order chi connectivity index (χ1) is 14.0. The summed E-state index contributed by atoms with van der Waals surface area (Å²) in [6, 6.07) is 10.0. The number of halogens is 2. The van der Waals surface area contributed by atoms with Crippen LogP contribution in [0.2, 0.25) is 5.02 Å². The highest BCUT2D eigenvalue weighted by molar-refractivity contribution is 6.32. The number of nitrogens with zero attached hydrogens (tertiary/aromatic N) is 1. The molecule has 0 radical (unpaired) electrons. The molecule has 1 fully saturated rings. The summed E-state index contributed by atoms with van der Waals surface area (Å²) in [5.74, 6) is -0.351. The summed E-state index contributed by atoms with van der Waals surface area (Å²) in [6.07, 6.45) is 3.94. The smallest absolute Gasteiger partial charge is 0.323 e. The van der Waals surface area contributed by atoms with Crippen molar-refractivity contribution in [1.82, 2.24) is 14.9 Å². The Morgan fingerprint density at radius 3 is 2.41 bits per heavy atom. The summed E-state index contributed by atoms with van der Waals surface area (Å²) >= 11 is 6.58. The Bertz CT molecular complexity index is 1020. The Morgan fingerprint density at radius 2 is 1.72 bits per heavy atom. The van der Waals surface area contributed by atoms with Gasteiger partial charge in [-0.1, -0.05) is 30.2 Å². The van der Waals surface area contributed by atoms with Gasteiger partial charge in [-0.25, -0.2) is 9.18 Å². The van der Waals surface area contributed by atoms with E-state index in [4.69, 9.17) is 11.6 Å². The number of aliphatic hydroxyl groups excluding tert-OH is 1. The van der Waals surface area contributed by atoms with Crippen LogP contribution in [0.25, 0.3) is 11.0 Å². The highest BCUT2D eigenvalue weighted by Crippen LogP contribution is 2.34. The van der Waals surface area contributed by atoms with Crippen molar-refractivity contribution in [1.29, 1.82) is 0 Å². The molecule has 3 aromatic rings. The molecule has 1 aliphatic rings. The summed E-state index contributed by atoms with van der Waals surface area (Å²) in [7, 11) is 0. The molecule has 2 heterocycles. The molecule has 1 aromatic heterocycles. The van der Waals surface area contributed by atoms with E-state index in [2.05, 4.69) is 14.9 Å². The van der Waals surface area contributed by atoms with E-state index in [0.717, 1.165) is 37.1 Å². The number of hydrogen-bond donors (Lipinski definition) is 3. The number of likely N-dealkylation sites (tertiary alicyclic amines) is 1. The van der Waals surface area contributed by atoms with Gasteiger partial charge in [-0.2, -0.15) is 0 Å². The topological polar surface area (TPSA) is 72.1 Å². The summed E-state index contributed by atoms with van der Waals surface area (Å²) in [5.41, 5.74) is 2.90. The standard InChI is InChI=1S/C22H25ClFN3O2/c23-18-13-20-19(25-22(29)26-20)12-17(18)15(10-14-4-6-16(24)7-5-14)11-21(28)27-8-2-1-3-9-27/h4-7,12-13,15,21,28H,1-3,8-11H2,(H2,25,26,29). The lowest BCUT2D eigenvalue weighted by molar-refractivity contribution is -0.0179. The van der Waals surface area contributed by atoms with E-state index in [1.165, 1.54) is 18.6 Å². The van der Waals surface area contributed by atoms with E-state index < -0.39 is 6.23 Å². The maximum Gasteiger partial charge on any atom is 0.323 e. The number of fused-ring (bicyclic) bond motifs is 1. The molecule has 5 nitrogen and oxygen atoms in total. The van der Waals surface area contributed by atoms with Gasteiger partial charge in [0.2, 0.25) is 0 Å². The molecule has 1 saturated heterocycles. The van der Waals surface area contributed by atoms with Gasteiger partial charge in [0.1, 0.15) is 12.0 Å². The van der Waals surface area contributed by atoms with Gasteiger partial charge < -0.3 is 15.1 Å². The second-order valence-corrected chi connectivity index (χ2v) is 8.25. The lowest BCUT2D eigenvalue weighted by atomic mass is 9.88. The summed E-state index contributed by atoms with van der Waals surface area (Å²) < 4.78 is 13.3. The van der Waals surface area contributed by atoms with Crippen LogP contribution in [0.3, 0.4) is 0 Å². The molecule has 0 aliphatic carbocycles. The molecule has 0 spiro atoms. The fraction of sp³-hybridized carbons (Fsp3) is 0.409. The molecule has 2 unspecified atom stereocenters. The zero-order chi connectivity index (χ0) is 20.4. The van der Waals surface area contributed by atoms with Gasteiger partial charge in [-0.05, 0) is 67.0 Å². The molecule has 2 atom stereocenters. The minimum atomic E-state index is -0.571. The van der Waals surface area contributed by atoms with Crippen molar-refractivity contribution >= 4 is 22.6 Å². The van der Waals surface area contributed by atoms with Crippen LogP contribution in [-0.4, -0.2) is 39.3 Å². The average Bonchev–Trinajstić information content (AvgIpc) is 3.08. The Morgan fingerprint density at radius 1 is 1.07 bits per heavy atom. The van der Waals surface area contributed by atoms with Gasteiger partial charge in [0, 0.05) is 18.1 Å². The number of rotatable bonds is 6. The van der Waals surface area contributed by atoms with Gasteiger partial charge in [0.05, 0.1) is 11.0 Å². The first kappa shape index (κ1) is 20.1. The van der Waals surface area contributed by atoms with Crippen LogP contribution in [0.4, 0.5) is 4.39 Å². The van der Waals surface area contributed by atoms with Crippen molar-refractivity contribution in [2.45, 2.75) is 44.2 Å². The van der Waals surface area contributed by atoms with E-state index in [9.17, 15) is 14.3 Å².